The summed E-state index contributed by atoms with van der Waals surface area (Å²) in [6.45, 7) is 4.23. The number of halogens is 3. The Kier molecular flexibility index (Phi) is 10.6. The number of rotatable bonds is 12. The second-order valence-electron chi connectivity index (χ2n) is 10.8. The molecule has 3 aromatic rings. The maximum Gasteiger partial charge on any atom is 0.166 e. The van der Waals surface area contributed by atoms with Crippen molar-refractivity contribution in [3.05, 3.63) is 101 Å². The van der Waals surface area contributed by atoms with Gasteiger partial charge in [-0.3, -0.25) is 0 Å². The molecule has 0 heterocycles. The largest absolute Gasteiger partial charge is 0.206 e. The third-order valence-electron chi connectivity index (χ3n) is 7.97. The second kappa shape index (κ2) is 14.4. The van der Waals surface area contributed by atoms with Crippen molar-refractivity contribution in [2.45, 2.75) is 84.5 Å². The minimum atomic E-state index is -0.795. The Balaban J connectivity index is 1.41. The summed E-state index contributed by atoms with van der Waals surface area (Å²) in [4.78, 5) is 0. The molecule has 0 N–H and O–H groups in total. The van der Waals surface area contributed by atoms with Crippen molar-refractivity contribution in [2.75, 3.05) is 0 Å². The molecule has 0 nitrogen and oxygen atoms in total. The van der Waals surface area contributed by atoms with E-state index in [2.05, 4.69) is 25.2 Å². The Morgan fingerprint density at radius 1 is 0.744 bits per heavy atom. The van der Waals surface area contributed by atoms with Crippen LogP contribution in [0.1, 0.15) is 89.2 Å². The fourth-order valence-corrected chi connectivity index (χ4v) is 5.62. The predicted molar refractivity (Wildman–Crippen MR) is 159 cm³/mol. The first-order chi connectivity index (χ1) is 19.0. The normalized spacial score (nSPS) is 15.6. The van der Waals surface area contributed by atoms with E-state index in [0.29, 0.717) is 29.0 Å². The van der Waals surface area contributed by atoms with Gasteiger partial charge in [-0.2, -0.15) is 0 Å². The molecule has 0 saturated heterocycles. The molecule has 0 spiro atoms. The fourth-order valence-electron chi connectivity index (χ4n) is 5.62. The summed E-state index contributed by atoms with van der Waals surface area (Å²) in [5, 5.41) is 0. The van der Waals surface area contributed by atoms with Gasteiger partial charge in [0.05, 0.1) is 0 Å². The molecule has 0 aliphatic heterocycles. The van der Waals surface area contributed by atoms with Crippen molar-refractivity contribution in [1.82, 2.24) is 0 Å². The summed E-state index contributed by atoms with van der Waals surface area (Å²) < 4.78 is 44.9. The second-order valence-corrected chi connectivity index (χ2v) is 10.8. The van der Waals surface area contributed by atoms with E-state index in [1.165, 1.54) is 25.7 Å². The Morgan fingerprint density at radius 3 is 2.08 bits per heavy atom. The van der Waals surface area contributed by atoms with E-state index in [1.54, 1.807) is 30.3 Å². The van der Waals surface area contributed by atoms with Crippen molar-refractivity contribution in [2.24, 2.45) is 5.92 Å². The number of unbranched alkanes of at least 4 members (excludes halogenated alkanes) is 6. The quantitative estimate of drug-likeness (QED) is 0.161. The minimum absolute atomic E-state index is 0.225. The average molecular weight is 531 g/mol. The van der Waals surface area contributed by atoms with Gasteiger partial charge >= 0.3 is 0 Å². The first-order valence-electron chi connectivity index (χ1n) is 14.7. The molecule has 3 heteroatoms. The van der Waals surface area contributed by atoms with E-state index < -0.39 is 11.6 Å². The average Bonchev–Trinajstić information content (AvgIpc) is 2.95. The van der Waals surface area contributed by atoms with Gasteiger partial charge in [0, 0.05) is 11.1 Å². The van der Waals surface area contributed by atoms with Crippen LogP contribution in [0.2, 0.25) is 0 Å². The SMILES string of the molecule is CC=CC1CC=C(c2ccc(-c3ccc(-c4ccc(CCCCCCCCC)c(F)c4F)cc3)cc2F)CC1. The third kappa shape index (κ3) is 7.53. The van der Waals surface area contributed by atoms with Crippen LogP contribution in [0.25, 0.3) is 27.8 Å². The van der Waals surface area contributed by atoms with Crippen molar-refractivity contribution in [3.63, 3.8) is 0 Å². The highest BCUT2D eigenvalue weighted by molar-refractivity contribution is 5.74. The van der Waals surface area contributed by atoms with Gasteiger partial charge in [0.25, 0.3) is 0 Å². The van der Waals surface area contributed by atoms with Crippen LogP contribution >= 0.6 is 0 Å². The monoisotopic (exact) mass is 530 g/mol. The molecule has 4 rings (SSSR count). The molecular formula is C36H41F3. The first kappa shape index (κ1) is 28.9. The molecule has 0 bridgehead atoms. The maximum atomic E-state index is 15.1. The van der Waals surface area contributed by atoms with Gasteiger partial charge in [0.1, 0.15) is 5.82 Å². The van der Waals surface area contributed by atoms with Crippen LogP contribution in [-0.4, -0.2) is 0 Å². The smallest absolute Gasteiger partial charge is 0.166 e. The summed E-state index contributed by atoms with van der Waals surface area (Å²) in [5.74, 6) is -1.22. The maximum absolute atomic E-state index is 15.1. The molecule has 0 amide bonds. The van der Waals surface area contributed by atoms with Crippen molar-refractivity contribution in [1.29, 1.82) is 0 Å². The van der Waals surface area contributed by atoms with Crippen LogP contribution in [0, 0.1) is 23.4 Å². The van der Waals surface area contributed by atoms with Gasteiger partial charge in [-0.1, -0.05) is 112 Å². The van der Waals surface area contributed by atoms with Crippen LogP contribution in [0.3, 0.4) is 0 Å². The summed E-state index contributed by atoms with van der Waals surface area (Å²) in [5.41, 5.74) is 4.66. The molecule has 1 aliphatic rings. The van der Waals surface area contributed by atoms with E-state index in [0.717, 1.165) is 55.2 Å². The number of allylic oxidation sites excluding steroid dienone is 4. The Labute approximate surface area is 232 Å². The lowest BCUT2D eigenvalue weighted by Crippen LogP contribution is -2.03. The number of hydrogen-bond donors (Lipinski definition) is 0. The molecule has 0 aromatic heterocycles. The first-order valence-corrected chi connectivity index (χ1v) is 14.7. The Hall–Kier alpha value is -3.07. The molecular weight excluding hydrogens is 489 g/mol. The fraction of sp³-hybridized carbons (Fsp3) is 0.389. The van der Waals surface area contributed by atoms with Crippen molar-refractivity contribution < 1.29 is 13.2 Å². The van der Waals surface area contributed by atoms with Crippen LogP contribution in [0.4, 0.5) is 13.2 Å². The predicted octanol–water partition coefficient (Wildman–Crippen LogP) is 11.5. The van der Waals surface area contributed by atoms with E-state index in [4.69, 9.17) is 0 Å². The molecule has 3 aromatic carbocycles. The molecule has 1 unspecified atom stereocenters. The van der Waals surface area contributed by atoms with E-state index in [9.17, 15) is 8.78 Å². The van der Waals surface area contributed by atoms with Crippen molar-refractivity contribution >= 4 is 5.57 Å². The van der Waals surface area contributed by atoms with Crippen LogP contribution in [0.5, 0.6) is 0 Å². The van der Waals surface area contributed by atoms with Gasteiger partial charge < -0.3 is 0 Å². The zero-order chi connectivity index (χ0) is 27.6. The third-order valence-corrected chi connectivity index (χ3v) is 7.97. The van der Waals surface area contributed by atoms with Gasteiger partial charge in [-0.05, 0) is 78.8 Å². The number of hydrogen-bond acceptors (Lipinski definition) is 0. The van der Waals surface area contributed by atoms with E-state index in [-0.39, 0.29) is 11.4 Å². The standard InChI is InChI=1S/C36H41F3/c1-3-5-6-7-8-9-10-12-30-21-24-33(36(39)35(30)38)29-19-17-27(18-20-29)31-22-23-32(34(37)25-31)28-15-13-26(11-4-2)14-16-28/h4,11,15,17-26H,3,5-10,12-14,16H2,1-2H3. The number of aryl methyl sites for hydroxylation is 1. The molecule has 0 fully saturated rings. The Bertz CT molecular complexity index is 1280. The van der Waals surface area contributed by atoms with Crippen LogP contribution < -0.4 is 0 Å². The van der Waals surface area contributed by atoms with Gasteiger partial charge in [0.2, 0.25) is 0 Å². The summed E-state index contributed by atoms with van der Waals surface area (Å²) in [6.07, 6.45) is 17.9. The molecule has 1 atom stereocenters. The molecule has 39 heavy (non-hydrogen) atoms. The van der Waals surface area contributed by atoms with Gasteiger partial charge in [-0.25, -0.2) is 13.2 Å². The molecule has 0 saturated carbocycles. The highest BCUT2D eigenvalue weighted by Crippen LogP contribution is 2.34. The zero-order valence-electron chi connectivity index (χ0n) is 23.4. The highest BCUT2D eigenvalue weighted by atomic mass is 19.2. The van der Waals surface area contributed by atoms with E-state index >= 15 is 4.39 Å². The topological polar surface area (TPSA) is 0 Å². The van der Waals surface area contributed by atoms with Gasteiger partial charge in [0.15, 0.2) is 11.6 Å². The van der Waals surface area contributed by atoms with Crippen molar-refractivity contribution in [3.8, 4) is 22.3 Å². The summed E-state index contributed by atoms with van der Waals surface area (Å²) in [7, 11) is 0. The summed E-state index contributed by atoms with van der Waals surface area (Å²) in [6, 6.07) is 16.0. The van der Waals surface area contributed by atoms with Gasteiger partial charge in [-0.15, -0.1) is 0 Å². The van der Waals surface area contributed by atoms with Crippen LogP contribution in [-0.2, 0) is 6.42 Å². The lowest BCUT2D eigenvalue weighted by molar-refractivity contribution is 0.497. The summed E-state index contributed by atoms with van der Waals surface area (Å²) >= 11 is 0. The molecule has 0 radical (unpaired) electrons. The lowest BCUT2D eigenvalue weighted by Gasteiger charge is -2.20. The minimum Gasteiger partial charge on any atom is -0.206 e. The number of benzene rings is 3. The van der Waals surface area contributed by atoms with E-state index in [1.807, 2.05) is 31.2 Å². The zero-order valence-corrected chi connectivity index (χ0v) is 23.4. The lowest BCUT2D eigenvalue weighted by atomic mass is 9.86. The Morgan fingerprint density at radius 2 is 1.41 bits per heavy atom. The highest BCUT2D eigenvalue weighted by Gasteiger charge is 2.17. The molecule has 206 valence electrons. The molecule has 1 aliphatic carbocycles. The van der Waals surface area contributed by atoms with Crippen LogP contribution in [0.15, 0.2) is 72.8 Å².